The van der Waals surface area contributed by atoms with Crippen molar-refractivity contribution in [3.05, 3.63) is 64.2 Å². The predicted octanol–water partition coefficient (Wildman–Crippen LogP) is 2.82. The number of aliphatic hydroxyl groups excluding tert-OH is 1. The Balaban J connectivity index is 1.97. The molecule has 0 aromatic heterocycles. The van der Waals surface area contributed by atoms with E-state index < -0.39 is 6.10 Å². The lowest BCUT2D eigenvalue weighted by molar-refractivity contribution is 0.0916. The first-order valence-electron chi connectivity index (χ1n) is 6.48. The second kappa shape index (κ2) is 6.61. The summed E-state index contributed by atoms with van der Waals surface area (Å²) < 4.78 is 0. The Kier molecular flexibility index (Phi) is 4.83. The second-order valence-electron chi connectivity index (χ2n) is 4.80. The number of phenols is 1. The highest BCUT2D eigenvalue weighted by Gasteiger charge is 2.12. The van der Waals surface area contributed by atoms with Gasteiger partial charge in [-0.25, -0.2) is 0 Å². The van der Waals surface area contributed by atoms with Gasteiger partial charge in [0.2, 0.25) is 0 Å². The Morgan fingerprint density at radius 2 is 1.90 bits per heavy atom. The number of phenolic OH excluding ortho intramolecular Hbond substituents is 1. The summed E-state index contributed by atoms with van der Waals surface area (Å²) in [7, 11) is 0. The first kappa shape index (κ1) is 15.4. The van der Waals surface area contributed by atoms with E-state index in [0.29, 0.717) is 5.56 Å². The number of amides is 1. The molecule has 2 rings (SSSR count). The quantitative estimate of drug-likeness (QED) is 0.813. The van der Waals surface area contributed by atoms with Crippen LogP contribution in [0.4, 0.5) is 0 Å². The van der Waals surface area contributed by atoms with E-state index in [1.807, 2.05) is 31.2 Å². The molecule has 2 aromatic rings. The molecular formula is C16H16ClNO3. The van der Waals surface area contributed by atoms with Crippen LogP contribution in [-0.4, -0.2) is 22.7 Å². The van der Waals surface area contributed by atoms with Gasteiger partial charge in [-0.1, -0.05) is 41.4 Å². The number of halogens is 1. The molecule has 0 spiro atoms. The molecule has 110 valence electrons. The number of hydrogen-bond acceptors (Lipinski definition) is 3. The van der Waals surface area contributed by atoms with Crippen molar-refractivity contribution in [2.75, 3.05) is 6.54 Å². The highest BCUT2D eigenvalue weighted by Crippen LogP contribution is 2.23. The fourth-order valence-corrected chi connectivity index (χ4v) is 2.03. The van der Waals surface area contributed by atoms with Crippen molar-refractivity contribution in [1.29, 1.82) is 0 Å². The number of carbonyl (C=O) groups is 1. The molecule has 1 atom stereocenters. The number of rotatable bonds is 4. The molecule has 0 radical (unpaired) electrons. The number of aryl methyl sites for hydroxylation is 1. The van der Waals surface area contributed by atoms with Gasteiger partial charge in [0.1, 0.15) is 5.75 Å². The molecule has 0 saturated carbocycles. The van der Waals surface area contributed by atoms with Crippen LogP contribution in [0.15, 0.2) is 42.5 Å². The van der Waals surface area contributed by atoms with Crippen LogP contribution in [-0.2, 0) is 0 Å². The van der Waals surface area contributed by atoms with E-state index in [0.717, 1.165) is 11.1 Å². The van der Waals surface area contributed by atoms with Crippen molar-refractivity contribution in [3.8, 4) is 5.75 Å². The van der Waals surface area contributed by atoms with Gasteiger partial charge >= 0.3 is 0 Å². The Morgan fingerprint density at radius 3 is 2.52 bits per heavy atom. The van der Waals surface area contributed by atoms with Crippen molar-refractivity contribution >= 4 is 17.5 Å². The van der Waals surface area contributed by atoms with Crippen LogP contribution in [0.3, 0.4) is 0 Å². The minimum atomic E-state index is -0.776. The SMILES string of the molecule is Cc1ccc(C(O)CNC(=O)c2ccc(O)c(Cl)c2)cc1. The first-order valence-corrected chi connectivity index (χ1v) is 6.86. The summed E-state index contributed by atoms with van der Waals surface area (Å²) in [6, 6.07) is 11.7. The molecule has 0 aliphatic heterocycles. The lowest BCUT2D eigenvalue weighted by Gasteiger charge is -2.13. The Morgan fingerprint density at radius 1 is 1.24 bits per heavy atom. The highest BCUT2D eigenvalue weighted by atomic mass is 35.5. The average molecular weight is 306 g/mol. The molecule has 3 N–H and O–H groups in total. The summed E-state index contributed by atoms with van der Waals surface area (Å²) in [5, 5.41) is 22.1. The highest BCUT2D eigenvalue weighted by molar-refractivity contribution is 6.32. The molecule has 0 aliphatic carbocycles. The van der Waals surface area contributed by atoms with Crippen LogP contribution < -0.4 is 5.32 Å². The number of carbonyl (C=O) groups excluding carboxylic acids is 1. The minimum absolute atomic E-state index is 0.0760. The van der Waals surface area contributed by atoms with Crippen LogP contribution in [0.1, 0.15) is 27.6 Å². The van der Waals surface area contributed by atoms with Crippen molar-refractivity contribution < 1.29 is 15.0 Å². The fourth-order valence-electron chi connectivity index (χ4n) is 1.85. The maximum Gasteiger partial charge on any atom is 0.251 e. The van der Waals surface area contributed by atoms with Gasteiger partial charge in [0.25, 0.3) is 5.91 Å². The van der Waals surface area contributed by atoms with Gasteiger partial charge in [0.15, 0.2) is 0 Å². The van der Waals surface area contributed by atoms with Crippen molar-refractivity contribution in [3.63, 3.8) is 0 Å². The van der Waals surface area contributed by atoms with Crippen molar-refractivity contribution in [1.82, 2.24) is 5.32 Å². The normalized spacial score (nSPS) is 12.0. The molecule has 4 nitrogen and oxygen atoms in total. The second-order valence-corrected chi connectivity index (χ2v) is 5.21. The van der Waals surface area contributed by atoms with Crippen LogP contribution in [0.25, 0.3) is 0 Å². The smallest absolute Gasteiger partial charge is 0.251 e. The lowest BCUT2D eigenvalue weighted by Crippen LogP contribution is -2.28. The van der Waals surface area contributed by atoms with Gasteiger partial charge in [-0.2, -0.15) is 0 Å². The van der Waals surface area contributed by atoms with E-state index in [1.165, 1.54) is 18.2 Å². The van der Waals surface area contributed by atoms with E-state index in [1.54, 1.807) is 0 Å². The summed E-state index contributed by atoms with van der Waals surface area (Å²) in [5.41, 5.74) is 2.17. The van der Waals surface area contributed by atoms with E-state index in [9.17, 15) is 15.0 Å². The fraction of sp³-hybridized carbons (Fsp3) is 0.188. The van der Waals surface area contributed by atoms with Gasteiger partial charge in [0.05, 0.1) is 11.1 Å². The summed E-state index contributed by atoms with van der Waals surface area (Å²) >= 11 is 5.75. The first-order chi connectivity index (χ1) is 9.97. The summed E-state index contributed by atoms with van der Waals surface area (Å²) in [6.45, 7) is 2.06. The number of hydrogen-bond donors (Lipinski definition) is 3. The molecule has 2 aromatic carbocycles. The van der Waals surface area contributed by atoms with E-state index in [4.69, 9.17) is 11.6 Å². The van der Waals surface area contributed by atoms with E-state index in [-0.39, 0.29) is 23.2 Å². The number of benzene rings is 2. The van der Waals surface area contributed by atoms with Gasteiger partial charge in [-0.15, -0.1) is 0 Å². The molecule has 21 heavy (non-hydrogen) atoms. The van der Waals surface area contributed by atoms with Gasteiger partial charge in [-0.05, 0) is 30.7 Å². The monoisotopic (exact) mass is 305 g/mol. The number of aromatic hydroxyl groups is 1. The maximum absolute atomic E-state index is 11.9. The predicted molar refractivity (Wildman–Crippen MR) is 81.6 cm³/mol. The van der Waals surface area contributed by atoms with Gasteiger partial charge < -0.3 is 15.5 Å². The number of nitrogens with one attached hydrogen (secondary N) is 1. The summed E-state index contributed by atoms with van der Waals surface area (Å²) in [5.74, 6) is -0.434. The third-order valence-corrected chi connectivity index (χ3v) is 3.43. The molecule has 0 heterocycles. The standard InChI is InChI=1S/C16H16ClNO3/c1-10-2-4-11(5-3-10)15(20)9-18-16(21)12-6-7-14(19)13(17)8-12/h2-8,15,19-20H,9H2,1H3,(H,18,21). The van der Waals surface area contributed by atoms with Gasteiger partial charge in [-0.3, -0.25) is 4.79 Å². The van der Waals surface area contributed by atoms with Crippen molar-refractivity contribution in [2.24, 2.45) is 0 Å². The molecule has 0 bridgehead atoms. The van der Waals surface area contributed by atoms with E-state index in [2.05, 4.69) is 5.32 Å². The topological polar surface area (TPSA) is 69.6 Å². The Hall–Kier alpha value is -2.04. The molecule has 1 amide bonds. The Bertz CT molecular complexity index is 640. The molecule has 1 unspecified atom stereocenters. The largest absolute Gasteiger partial charge is 0.506 e. The lowest BCUT2D eigenvalue weighted by atomic mass is 10.1. The van der Waals surface area contributed by atoms with Crippen molar-refractivity contribution in [2.45, 2.75) is 13.0 Å². The minimum Gasteiger partial charge on any atom is -0.506 e. The number of aliphatic hydroxyl groups is 1. The maximum atomic E-state index is 11.9. The average Bonchev–Trinajstić information content (AvgIpc) is 2.48. The van der Waals surface area contributed by atoms with Crippen LogP contribution >= 0.6 is 11.6 Å². The third kappa shape index (κ3) is 3.97. The van der Waals surface area contributed by atoms with Crippen LogP contribution in [0, 0.1) is 6.92 Å². The van der Waals surface area contributed by atoms with Crippen LogP contribution in [0.5, 0.6) is 5.75 Å². The van der Waals surface area contributed by atoms with Gasteiger partial charge in [0, 0.05) is 12.1 Å². The molecule has 0 aliphatic rings. The summed E-state index contributed by atoms with van der Waals surface area (Å²) in [4.78, 5) is 11.9. The zero-order chi connectivity index (χ0) is 15.4. The van der Waals surface area contributed by atoms with Crippen LogP contribution in [0.2, 0.25) is 5.02 Å². The Labute approximate surface area is 128 Å². The summed E-state index contributed by atoms with van der Waals surface area (Å²) in [6.07, 6.45) is -0.776. The zero-order valence-electron chi connectivity index (χ0n) is 11.5. The molecule has 0 saturated heterocycles. The zero-order valence-corrected chi connectivity index (χ0v) is 12.3. The molecular weight excluding hydrogens is 290 g/mol. The molecule has 0 fully saturated rings. The van der Waals surface area contributed by atoms with E-state index >= 15 is 0 Å². The molecule has 5 heteroatoms. The third-order valence-electron chi connectivity index (χ3n) is 3.13.